The first-order chi connectivity index (χ1) is 9.79. The van der Waals surface area contributed by atoms with Gasteiger partial charge in [-0.25, -0.2) is 9.18 Å². The Labute approximate surface area is 131 Å². The Kier molecular flexibility index (Phi) is 4.54. The molecule has 0 aliphatic rings. The molecule has 4 nitrogen and oxygen atoms in total. The number of aromatic carboxylic acids is 1. The van der Waals surface area contributed by atoms with E-state index in [1.54, 1.807) is 0 Å². The number of halogens is 3. The number of rotatable bonds is 4. The first-order valence-electron chi connectivity index (χ1n) is 6.25. The standard InChI is InChI=1S/C14H13Cl2FN2O2/c1-7(2)5-19-6-9(14(20)21)13(18-19)8-3-12(17)11(16)4-10(8)15/h3-4,6-7H,5H2,1-2H3,(H,20,21). The van der Waals surface area contributed by atoms with Crippen molar-refractivity contribution >= 4 is 29.2 Å². The van der Waals surface area contributed by atoms with Crippen LogP contribution in [0.3, 0.4) is 0 Å². The van der Waals surface area contributed by atoms with Crippen LogP contribution in [0, 0.1) is 11.7 Å². The van der Waals surface area contributed by atoms with Crippen LogP contribution in [0.4, 0.5) is 4.39 Å². The summed E-state index contributed by atoms with van der Waals surface area (Å²) in [6.45, 7) is 4.52. The lowest BCUT2D eigenvalue weighted by atomic mass is 10.1. The van der Waals surface area contributed by atoms with E-state index in [1.165, 1.54) is 16.9 Å². The van der Waals surface area contributed by atoms with Crippen LogP contribution < -0.4 is 0 Å². The molecule has 0 fully saturated rings. The summed E-state index contributed by atoms with van der Waals surface area (Å²) in [4.78, 5) is 11.3. The third kappa shape index (κ3) is 3.36. The second-order valence-corrected chi connectivity index (χ2v) is 5.87. The van der Waals surface area contributed by atoms with Crippen LogP contribution in [0.5, 0.6) is 0 Å². The van der Waals surface area contributed by atoms with Gasteiger partial charge in [-0.05, 0) is 18.1 Å². The molecular weight excluding hydrogens is 318 g/mol. The van der Waals surface area contributed by atoms with Gasteiger partial charge in [0.1, 0.15) is 17.1 Å². The molecule has 0 unspecified atom stereocenters. The van der Waals surface area contributed by atoms with E-state index in [0.29, 0.717) is 6.54 Å². The van der Waals surface area contributed by atoms with E-state index in [1.807, 2.05) is 13.8 Å². The van der Waals surface area contributed by atoms with Gasteiger partial charge < -0.3 is 5.11 Å². The smallest absolute Gasteiger partial charge is 0.339 e. The molecule has 0 bridgehead atoms. The van der Waals surface area contributed by atoms with Gasteiger partial charge in [0.2, 0.25) is 0 Å². The van der Waals surface area contributed by atoms with Crippen molar-refractivity contribution in [1.29, 1.82) is 0 Å². The minimum atomic E-state index is -1.15. The van der Waals surface area contributed by atoms with Crippen molar-refractivity contribution in [3.05, 3.63) is 39.8 Å². The highest BCUT2D eigenvalue weighted by Crippen LogP contribution is 2.33. The first kappa shape index (κ1) is 15.8. The second kappa shape index (κ2) is 6.03. The Morgan fingerprint density at radius 2 is 2.05 bits per heavy atom. The van der Waals surface area contributed by atoms with Gasteiger partial charge in [-0.1, -0.05) is 37.0 Å². The predicted octanol–water partition coefficient (Wildman–Crippen LogP) is 4.35. The van der Waals surface area contributed by atoms with Crippen LogP contribution in [0.1, 0.15) is 24.2 Å². The Morgan fingerprint density at radius 1 is 1.38 bits per heavy atom. The molecule has 0 aliphatic heterocycles. The van der Waals surface area contributed by atoms with Crippen molar-refractivity contribution in [2.24, 2.45) is 5.92 Å². The topological polar surface area (TPSA) is 55.1 Å². The zero-order chi connectivity index (χ0) is 15.7. The number of nitrogens with zero attached hydrogens (tertiary/aromatic N) is 2. The van der Waals surface area contributed by atoms with Gasteiger partial charge in [-0.2, -0.15) is 5.10 Å². The average Bonchev–Trinajstić information content (AvgIpc) is 2.76. The van der Waals surface area contributed by atoms with Crippen LogP contribution >= 0.6 is 23.2 Å². The molecule has 0 aliphatic carbocycles. The summed E-state index contributed by atoms with van der Waals surface area (Å²) in [5.41, 5.74) is 0.307. The summed E-state index contributed by atoms with van der Waals surface area (Å²) in [6.07, 6.45) is 1.42. The summed E-state index contributed by atoms with van der Waals surface area (Å²) < 4.78 is 15.1. The molecule has 112 valence electrons. The van der Waals surface area contributed by atoms with Crippen molar-refractivity contribution in [2.45, 2.75) is 20.4 Å². The van der Waals surface area contributed by atoms with Crippen molar-refractivity contribution < 1.29 is 14.3 Å². The molecule has 1 aromatic carbocycles. The molecule has 0 saturated heterocycles. The molecule has 0 saturated carbocycles. The third-order valence-electron chi connectivity index (χ3n) is 2.81. The molecule has 0 amide bonds. The molecule has 7 heteroatoms. The maximum atomic E-state index is 13.6. The quantitative estimate of drug-likeness (QED) is 0.848. The van der Waals surface area contributed by atoms with Crippen molar-refractivity contribution in [3.8, 4) is 11.3 Å². The number of hydrogen-bond acceptors (Lipinski definition) is 2. The minimum absolute atomic E-state index is 0.0285. The monoisotopic (exact) mass is 330 g/mol. The van der Waals surface area contributed by atoms with Crippen LogP contribution in [-0.4, -0.2) is 20.9 Å². The number of aromatic nitrogens is 2. The lowest BCUT2D eigenvalue weighted by Gasteiger charge is -2.05. The van der Waals surface area contributed by atoms with Gasteiger partial charge in [0.25, 0.3) is 0 Å². The van der Waals surface area contributed by atoms with E-state index >= 15 is 0 Å². The molecule has 1 N–H and O–H groups in total. The number of hydrogen-bond donors (Lipinski definition) is 1. The molecule has 1 heterocycles. The van der Waals surface area contributed by atoms with Crippen molar-refractivity contribution in [2.75, 3.05) is 0 Å². The van der Waals surface area contributed by atoms with E-state index in [2.05, 4.69) is 5.10 Å². The molecule has 0 spiro atoms. The summed E-state index contributed by atoms with van der Waals surface area (Å²) in [5, 5.41) is 13.5. The van der Waals surface area contributed by atoms with Crippen LogP contribution in [0.15, 0.2) is 18.3 Å². The number of benzene rings is 1. The fourth-order valence-electron chi connectivity index (χ4n) is 1.95. The molecule has 0 atom stereocenters. The number of carbonyl (C=O) groups is 1. The molecule has 0 radical (unpaired) electrons. The van der Waals surface area contributed by atoms with Crippen LogP contribution in [0.25, 0.3) is 11.3 Å². The van der Waals surface area contributed by atoms with Gasteiger partial charge in [-0.3, -0.25) is 4.68 Å². The SMILES string of the molecule is CC(C)Cn1cc(C(=O)O)c(-c2cc(F)c(Cl)cc2Cl)n1. The number of carboxylic acids is 1. The first-order valence-corrected chi connectivity index (χ1v) is 7.00. The highest BCUT2D eigenvalue weighted by atomic mass is 35.5. The minimum Gasteiger partial charge on any atom is -0.478 e. The highest BCUT2D eigenvalue weighted by Gasteiger charge is 2.21. The lowest BCUT2D eigenvalue weighted by Crippen LogP contribution is -2.04. The van der Waals surface area contributed by atoms with Gasteiger partial charge >= 0.3 is 5.97 Å². The third-order valence-corrected chi connectivity index (χ3v) is 3.41. The summed E-state index contributed by atoms with van der Waals surface area (Å²) in [6, 6.07) is 2.33. The molecular formula is C14H13Cl2FN2O2. The maximum absolute atomic E-state index is 13.6. The van der Waals surface area contributed by atoms with E-state index in [0.717, 1.165) is 6.07 Å². The fraction of sp³-hybridized carbons (Fsp3) is 0.286. The lowest BCUT2D eigenvalue weighted by molar-refractivity contribution is 0.0697. The van der Waals surface area contributed by atoms with Gasteiger partial charge in [-0.15, -0.1) is 0 Å². The normalized spacial score (nSPS) is 11.1. The molecule has 2 aromatic rings. The van der Waals surface area contributed by atoms with Crippen molar-refractivity contribution in [3.63, 3.8) is 0 Å². The Bertz CT molecular complexity index is 699. The summed E-state index contributed by atoms with van der Waals surface area (Å²) in [5.74, 6) is -1.53. The molecule has 21 heavy (non-hydrogen) atoms. The molecule has 2 rings (SSSR count). The maximum Gasteiger partial charge on any atom is 0.339 e. The van der Waals surface area contributed by atoms with Crippen molar-refractivity contribution in [1.82, 2.24) is 9.78 Å². The predicted molar refractivity (Wildman–Crippen MR) is 79.4 cm³/mol. The van der Waals surface area contributed by atoms with Crippen LogP contribution in [0.2, 0.25) is 10.0 Å². The molecule has 1 aromatic heterocycles. The van der Waals surface area contributed by atoms with Crippen LogP contribution in [-0.2, 0) is 6.54 Å². The fourth-order valence-corrected chi connectivity index (χ4v) is 2.42. The van der Waals surface area contributed by atoms with E-state index in [9.17, 15) is 14.3 Å². The second-order valence-electron chi connectivity index (χ2n) is 5.06. The average molecular weight is 331 g/mol. The van der Waals surface area contributed by atoms with Gasteiger partial charge in [0.05, 0.1) is 10.0 Å². The van der Waals surface area contributed by atoms with Gasteiger partial charge in [0.15, 0.2) is 0 Å². The zero-order valence-corrected chi connectivity index (χ0v) is 12.9. The number of carboxylic acid groups (broad SMARTS) is 1. The van der Waals surface area contributed by atoms with E-state index in [-0.39, 0.29) is 32.8 Å². The highest BCUT2D eigenvalue weighted by molar-refractivity contribution is 6.36. The largest absolute Gasteiger partial charge is 0.478 e. The summed E-state index contributed by atoms with van der Waals surface area (Å²) in [7, 11) is 0. The summed E-state index contributed by atoms with van der Waals surface area (Å²) >= 11 is 11.7. The van der Waals surface area contributed by atoms with Gasteiger partial charge in [0, 0.05) is 18.3 Å². The zero-order valence-electron chi connectivity index (χ0n) is 11.4. The van der Waals surface area contributed by atoms with E-state index in [4.69, 9.17) is 23.2 Å². The Morgan fingerprint density at radius 3 is 2.62 bits per heavy atom. The Balaban J connectivity index is 2.59. The Hall–Kier alpha value is -1.59. The van der Waals surface area contributed by atoms with E-state index < -0.39 is 11.8 Å².